The van der Waals surface area contributed by atoms with E-state index in [0.29, 0.717) is 0 Å². The Morgan fingerprint density at radius 2 is 2.17 bits per heavy atom. The summed E-state index contributed by atoms with van der Waals surface area (Å²) in [5.41, 5.74) is 3.69. The highest BCUT2D eigenvalue weighted by molar-refractivity contribution is 5.75. The first-order valence-corrected chi connectivity index (χ1v) is 9.89. The van der Waals surface area contributed by atoms with Crippen molar-refractivity contribution in [1.29, 1.82) is 0 Å². The van der Waals surface area contributed by atoms with E-state index in [1.54, 1.807) is 25.1 Å². The van der Waals surface area contributed by atoms with Crippen LogP contribution in [0.1, 0.15) is 32.6 Å². The Morgan fingerprint density at radius 1 is 1.24 bits per heavy atom. The minimum absolute atomic E-state index is 0.216. The van der Waals surface area contributed by atoms with Crippen molar-refractivity contribution in [3.63, 3.8) is 0 Å². The Labute approximate surface area is 168 Å². The molecule has 1 fully saturated rings. The molecular weight excluding hydrogens is 366 g/mol. The standard InChI is InChI=1S/C22H23N5O2/c1-22(28)8-2-3-16(12-22)25-20-5-4-18-21(26-20)27(14-24-18)17-6-9-23-19(11-17)15-7-10-29-13-15/h4-7,9-11,13-14,16,28H,2-3,8,12H2,1H3,(H,25,26)/t16-,22-/m1/s1. The fraction of sp³-hybridized carbons (Fsp3) is 0.318. The molecule has 4 heterocycles. The van der Waals surface area contributed by atoms with Crippen LogP contribution < -0.4 is 5.32 Å². The van der Waals surface area contributed by atoms with E-state index in [9.17, 15) is 5.11 Å². The first-order valence-electron chi connectivity index (χ1n) is 9.89. The lowest BCUT2D eigenvalue weighted by molar-refractivity contribution is 0.0182. The van der Waals surface area contributed by atoms with Crippen molar-refractivity contribution in [2.24, 2.45) is 0 Å². The molecule has 2 atom stereocenters. The van der Waals surface area contributed by atoms with Crippen LogP contribution in [0.3, 0.4) is 0 Å². The van der Waals surface area contributed by atoms with E-state index in [4.69, 9.17) is 9.40 Å². The van der Waals surface area contributed by atoms with Gasteiger partial charge in [0.05, 0.1) is 29.5 Å². The van der Waals surface area contributed by atoms with Gasteiger partial charge in [0.2, 0.25) is 0 Å². The third kappa shape index (κ3) is 3.61. The molecule has 7 nitrogen and oxygen atoms in total. The van der Waals surface area contributed by atoms with Crippen molar-refractivity contribution in [1.82, 2.24) is 19.5 Å². The van der Waals surface area contributed by atoms with Crippen LogP contribution in [0, 0.1) is 0 Å². The van der Waals surface area contributed by atoms with Gasteiger partial charge in [-0.3, -0.25) is 9.55 Å². The molecule has 29 heavy (non-hydrogen) atoms. The number of nitrogens with one attached hydrogen (secondary N) is 1. The van der Waals surface area contributed by atoms with Crippen molar-refractivity contribution in [3.05, 3.63) is 55.4 Å². The zero-order valence-corrected chi connectivity index (χ0v) is 16.2. The number of rotatable bonds is 4. The summed E-state index contributed by atoms with van der Waals surface area (Å²) in [6.07, 6.45) is 10.5. The molecule has 0 aromatic carbocycles. The smallest absolute Gasteiger partial charge is 0.166 e. The van der Waals surface area contributed by atoms with Gasteiger partial charge in [0.1, 0.15) is 17.7 Å². The highest BCUT2D eigenvalue weighted by atomic mass is 16.3. The molecule has 0 spiro atoms. The van der Waals surface area contributed by atoms with Crippen LogP contribution in [0.5, 0.6) is 0 Å². The van der Waals surface area contributed by atoms with Gasteiger partial charge in [0.15, 0.2) is 5.65 Å². The highest BCUT2D eigenvalue weighted by Gasteiger charge is 2.30. The van der Waals surface area contributed by atoms with Crippen molar-refractivity contribution in [3.8, 4) is 16.9 Å². The van der Waals surface area contributed by atoms with Gasteiger partial charge in [-0.1, -0.05) is 0 Å². The molecule has 0 radical (unpaired) electrons. The molecular formula is C22H23N5O2. The Hall–Kier alpha value is -3.19. The number of imidazole rings is 1. The molecule has 0 amide bonds. The van der Waals surface area contributed by atoms with E-state index in [0.717, 1.165) is 59.6 Å². The van der Waals surface area contributed by atoms with Gasteiger partial charge in [-0.25, -0.2) is 9.97 Å². The van der Waals surface area contributed by atoms with Crippen LogP contribution in [-0.2, 0) is 0 Å². The topological polar surface area (TPSA) is 89.0 Å². The van der Waals surface area contributed by atoms with Crippen LogP contribution in [-0.4, -0.2) is 36.3 Å². The number of fused-ring (bicyclic) bond motifs is 1. The molecule has 1 aliphatic carbocycles. The lowest BCUT2D eigenvalue weighted by Crippen LogP contribution is -2.38. The van der Waals surface area contributed by atoms with Crippen molar-refractivity contribution in [2.75, 3.05) is 5.32 Å². The Morgan fingerprint density at radius 3 is 3.00 bits per heavy atom. The summed E-state index contributed by atoms with van der Waals surface area (Å²) in [5.74, 6) is 0.797. The predicted octanol–water partition coefficient (Wildman–Crippen LogP) is 4.18. The molecule has 7 heteroatoms. The van der Waals surface area contributed by atoms with Crippen LogP contribution in [0.4, 0.5) is 5.82 Å². The summed E-state index contributed by atoms with van der Waals surface area (Å²) in [4.78, 5) is 13.7. The number of nitrogens with zero attached hydrogens (tertiary/aromatic N) is 4. The Bertz CT molecular complexity index is 1130. The molecule has 4 aromatic heterocycles. The first-order chi connectivity index (χ1) is 14.1. The monoisotopic (exact) mass is 389 g/mol. The maximum atomic E-state index is 10.4. The van der Waals surface area contributed by atoms with E-state index in [1.807, 2.05) is 41.8 Å². The first kappa shape index (κ1) is 17.9. The van der Waals surface area contributed by atoms with E-state index in [-0.39, 0.29) is 6.04 Å². The Kier molecular flexibility index (Phi) is 4.32. The fourth-order valence-corrected chi connectivity index (χ4v) is 4.10. The number of anilines is 1. The summed E-state index contributed by atoms with van der Waals surface area (Å²) in [7, 11) is 0. The van der Waals surface area contributed by atoms with E-state index in [2.05, 4.69) is 15.3 Å². The molecule has 4 aromatic rings. The van der Waals surface area contributed by atoms with Crippen molar-refractivity contribution >= 4 is 17.0 Å². The van der Waals surface area contributed by atoms with Gasteiger partial charge in [-0.15, -0.1) is 0 Å². The quantitative estimate of drug-likeness (QED) is 0.544. The molecule has 0 bridgehead atoms. The lowest BCUT2D eigenvalue weighted by Gasteiger charge is -2.34. The molecule has 5 rings (SSSR count). The second-order valence-electron chi connectivity index (χ2n) is 8.00. The normalized spacial score (nSPS) is 22.1. The number of hydrogen-bond acceptors (Lipinski definition) is 6. The van der Waals surface area contributed by atoms with Crippen molar-refractivity contribution < 1.29 is 9.52 Å². The van der Waals surface area contributed by atoms with E-state index >= 15 is 0 Å². The number of hydrogen-bond donors (Lipinski definition) is 2. The van der Waals surface area contributed by atoms with E-state index < -0.39 is 5.60 Å². The van der Waals surface area contributed by atoms with Gasteiger partial charge in [-0.05, 0) is 62.9 Å². The maximum Gasteiger partial charge on any atom is 0.166 e. The maximum absolute atomic E-state index is 10.4. The average molecular weight is 389 g/mol. The largest absolute Gasteiger partial charge is 0.472 e. The van der Waals surface area contributed by atoms with Crippen LogP contribution in [0.25, 0.3) is 28.1 Å². The van der Waals surface area contributed by atoms with Gasteiger partial charge in [0.25, 0.3) is 0 Å². The number of furan rings is 1. The molecule has 2 N–H and O–H groups in total. The highest BCUT2D eigenvalue weighted by Crippen LogP contribution is 2.30. The van der Waals surface area contributed by atoms with Crippen LogP contribution in [0.15, 0.2) is 59.8 Å². The predicted molar refractivity (Wildman–Crippen MR) is 111 cm³/mol. The second-order valence-corrected chi connectivity index (χ2v) is 8.00. The minimum atomic E-state index is -0.609. The second kappa shape index (κ2) is 7.00. The number of aromatic nitrogens is 4. The molecule has 0 aliphatic heterocycles. The SMILES string of the molecule is C[C@@]1(O)CCC[C@@H](Nc2ccc3ncn(-c4ccnc(-c5ccoc5)c4)c3n2)C1. The lowest BCUT2D eigenvalue weighted by atomic mass is 9.83. The summed E-state index contributed by atoms with van der Waals surface area (Å²) < 4.78 is 7.14. The van der Waals surface area contributed by atoms with Gasteiger partial charge in [0, 0.05) is 17.8 Å². The molecule has 1 saturated carbocycles. The summed E-state index contributed by atoms with van der Waals surface area (Å²) in [6.45, 7) is 1.91. The summed E-state index contributed by atoms with van der Waals surface area (Å²) in [5, 5.41) is 13.9. The fourth-order valence-electron chi connectivity index (χ4n) is 4.10. The molecule has 1 aliphatic rings. The zero-order chi connectivity index (χ0) is 19.8. The average Bonchev–Trinajstić information content (AvgIpc) is 3.37. The van der Waals surface area contributed by atoms with E-state index in [1.165, 1.54) is 0 Å². The third-order valence-corrected chi connectivity index (χ3v) is 5.54. The van der Waals surface area contributed by atoms with Crippen LogP contribution in [0.2, 0.25) is 0 Å². The van der Waals surface area contributed by atoms with Gasteiger partial charge in [-0.2, -0.15) is 0 Å². The minimum Gasteiger partial charge on any atom is -0.472 e. The summed E-state index contributed by atoms with van der Waals surface area (Å²) >= 11 is 0. The Balaban J connectivity index is 1.47. The molecule has 0 unspecified atom stereocenters. The van der Waals surface area contributed by atoms with Gasteiger partial charge >= 0.3 is 0 Å². The summed E-state index contributed by atoms with van der Waals surface area (Å²) in [6, 6.07) is 9.95. The third-order valence-electron chi connectivity index (χ3n) is 5.54. The number of aliphatic hydroxyl groups is 1. The molecule has 148 valence electrons. The van der Waals surface area contributed by atoms with Crippen LogP contribution >= 0.6 is 0 Å². The van der Waals surface area contributed by atoms with Crippen molar-refractivity contribution in [2.45, 2.75) is 44.2 Å². The zero-order valence-electron chi connectivity index (χ0n) is 16.2. The van der Waals surface area contributed by atoms with Gasteiger partial charge < -0.3 is 14.8 Å². The number of pyridine rings is 2. The molecule has 0 saturated heterocycles.